The summed E-state index contributed by atoms with van der Waals surface area (Å²) in [6.45, 7) is 9.55. The highest BCUT2D eigenvalue weighted by Crippen LogP contribution is 2.35. The minimum absolute atomic E-state index is 0.244. The van der Waals surface area contributed by atoms with Crippen LogP contribution >= 0.6 is 11.8 Å². The van der Waals surface area contributed by atoms with E-state index in [1.54, 1.807) is 13.1 Å². The molecule has 0 spiro atoms. The molecule has 0 radical (unpaired) electrons. The van der Waals surface area contributed by atoms with Crippen LogP contribution in [0.25, 0.3) is 0 Å². The van der Waals surface area contributed by atoms with Crippen LogP contribution in [-0.4, -0.2) is 33.5 Å². The molecule has 2 aromatic rings. The van der Waals surface area contributed by atoms with Gasteiger partial charge in [-0.15, -0.1) is 0 Å². The van der Waals surface area contributed by atoms with Gasteiger partial charge in [0.2, 0.25) is 5.91 Å². The Balaban J connectivity index is 1.47. The van der Waals surface area contributed by atoms with Crippen LogP contribution in [0.5, 0.6) is 5.75 Å². The number of hydrogen-bond donors (Lipinski definition) is 1. The second-order valence-corrected chi connectivity index (χ2v) is 10.9. The van der Waals surface area contributed by atoms with Crippen LogP contribution in [-0.2, 0) is 27.2 Å². The van der Waals surface area contributed by atoms with Crippen molar-refractivity contribution >= 4 is 28.9 Å². The number of nitrogens with one attached hydrogen (secondary N) is 1. The fraction of sp³-hybridized carbons (Fsp3) is 0.440. The molecule has 0 saturated carbocycles. The van der Waals surface area contributed by atoms with Gasteiger partial charge in [-0.25, -0.2) is 0 Å². The van der Waals surface area contributed by atoms with Crippen molar-refractivity contribution in [3.8, 4) is 5.75 Å². The average Bonchev–Trinajstić information content (AvgIpc) is 3.00. The minimum atomic E-state index is -0.778. The molecule has 176 valence electrons. The maximum Gasteiger partial charge on any atom is 0.311 e. The summed E-state index contributed by atoms with van der Waals surface area (Å²) in [4.78, 5) is 40.0. The van der Waals surface area contributed by atoms with Gasteiger partial charge in [0.05, 0.1) is 12.0 Å². The third-order valence-electron chi connectivity index (χ3n) is 5.32. The van der Waals surface area contributed by atoms with Gasteiger partial charge >= 0.3 is 5.97 Å². The fourth-order valence-corrected chi connectivity index (χ4v) is 4.15. The van der Waals surface area contributed by atoms with Crippen molar-refractivity contribution in [1.29, 1.82) is 0 Å². The van der Waals surface area contributed by atoms with Crippen molar-refractivity contribution in [3.63, 3.8) is 0 Å². The quantitative estimate of drug-likeness (QED) is 0.562. The summed E-state index contributed by atoms with van der Waals surface area (Å²) in [6, 6.07) is 11.4. The van der Waals surface area contributed by atoms with Gasteiger partial charge < -0.3 is 9.47 Å². The highest BCUT2D eigenvalue weighted by molar-refractivity contribution is 8.16. The molecule has 1 aliphatic rings. The number of nitrogens with zero attached hydrogens (tertiary/aromatic N) is 1. The summed E-state index contributed by atoms with van der Waals surface area (Å²) >= 11 is 1.03. The molecule has 1 aromatic heterocycles. The van der Waals surface area contributed by atoms with E-state index in [9.17, 15) is 14.4 Å². The Morgan fingerprint density at radius 3 is 2.39 bits per heavy atom. The molecule has 1 saturated heterocycles. The largest absolute Gasteiger partial charge is 0.493 e. The van der Waals surface area contributed by atoms with Crippen molar-refractivity contribution in [3.05, 3.63) is 59.4 Å². The smallest absolute Gasteiger partial charge is 0.311 e. The van der Waals surface area contributed by atoms with Crippen molar-refractivity contribution in [2.75, 3.05) is 6.61 Å². The van der Waals surface area contributed by atoms with Gasteiger partial charge in [-0.3, -0.25) is 24.7 Å². The Kier molecular flexibility index (Phi) is 7.47. The molecular formula is C25H30N2O5S. The molecule has 0 aliphatic carbocycles. The van der Waals surface area contributed by atoms with Crippen LogP contribution in [0.3, 0.4) is 0 Å². The van der Waals surface area contributed by atoms with E-state index in [0.29, 0.717) is 19.4 Å². The molecule has 1 fully saturated rings. The Labute approximate surface area is 198 Å². The molecule has 2 amide bonds. The van der Waals surface area contributed by atoms with Gasteiger partial charge in [-0.05, 0) is 76.6 Å². The molecule has 1 N–H and O–H groups in total. The third kappa shape index (κ3) is 6.57. The number of thioether (sulfide) groups is 1. The molecule has 2 atom stereocenters. The maximum absolute atomic E-state index is 12.1. The molecule has 1 aromatic carbocycles. The number of ether oxygens (including phenoxy) is 2. The lowest BCUT2D eigenvalue weighted by Crippen LogP contribution is -2.35. The van der Waals surface area contributed by atoms with E-state index >= 15 is 0 Å². The molecule has 1 unspecified atom stereocenters. The lowest BCUT2D eigenvalue weighted by Gasteiger charge is -2.21. The summed E-state index contributed by atoms with van der Waals surface area (Å²) in [5.74, 6) is 0.229. The van der Waals surface area contributed by atoms with E-state index in [4.69, 9.17) is 9.47 Å². The van der Waals surface area contributed by atoms with Crippen LogP contribution in [0.4, 0.5) is 4.79 Å². The predicted octanol–water partition coefficient (Wildman–Crippen LogP) is 4.64. The van der Waals surface area contributed by atoms with E-state index in [0.717, 1.165) is 34.3 Å². The number of pyridine rings is 1. The maximum atomic E-state index is 12.1. The van der Waals surface area contributed by atoms with Crippen LogP contribution in [0.1, 0.15) is 57.5 Å². The number of rotatable bonds is 8. The highest BCUT2D eigenvalue weighted by Gasteiger charge is 2.43. The standard InChI is InChI=1S/C25H30N2O5S/c1-16(32-22(29)24(2,3)4)18-8-9-19(26-15-18)12-13-31-20-10-6-17(7-11-20)14-25(5)21(28)27-23(30)33-25/h6-11,15-16H,12-14H2,1-5H3,(H,27,28,30)/t16-,25?/m1/s1. The number of hydrogen-bond acceptors (Lipinski definition) is 7. The van der Waals surface area contributed by atoms with E-state index < -0.39 is 10.2 Å². The summed E-state index contributed by atoms with van der Waals surface area (Å²) in [5, 5.41) is 2.04. The fourth-order valence-electron chi connectivity index (χ4n) is 3.21. The van der Waals surface area contributed by atoms with Crippen molar-refractivity contribution in [2.45, 2.75) is 58.3 Å². The van der Waals surface area contributed by atoms with Crippen molar-refractivity contribution in [1.82, 2.24) is 10.3 Å². The van der Waals surface area contributed by atoms with Crippen LogP contribution in [0, 0.1) is 5.41 Å². The number of benzene rings is 1. The lowest BCUT2D eigenvalue weighted by atomic mass is 9.97. The minimum Gasteiger partial charge on any atom is -0.493 e. The number of aromatic nitrogens is 1. The van der Waals surface area contributed by atoms with Crippen LogP contribution in [0.15, 0.2) is 42.6 Å². The predicted molar refractivity (Wildman–Crippen MR) is 127 cm³/mol. The van der Waals surface area contributed by atoms with Gasteiger partial charge in [0.15, 0.2) is 0 Å². The second kappa shape index (κ2) is 9.95. The summed E-state index contributed by atoms with van der Waals surface area (Å²) in [6.07, 6.45) is 2.47. The molecule has 33 heavy (non-hydrogen) atoms. The summed E-state index contributed by atoms with van der Waals surface area (Å²) in [7, 11) is 0. The van der Waals surface area contributed by atoms with Gasteiger partial charge in [0.1, 0.15) is 16.6 Å². The molecule has 0 bridgehead atoms. The molecular weight excluding hydrogens is 440 g/mol. The monoisotopic (exact) mass is 470 g/mol. The Hall–Kier alpha value is -2.87. The first kappa shape index (κ1) is 24.8. The highest BCUT2D eigenvalue weighted by atomic mass is 32.2. The SMILES string of the molecule is C[C@@H](OC(=O)C(C)(C)C)c1ccc(CCOc2ccc(CC3(C)SC(=O)NC3=O)cc2)nc1. The zero-order valence-electron chi connectivity index (χ0n) is 19.6. The Bertz CT molecular complexity index is 1010. The molecule has 1 aliphatic heterocycles. The summed E-state index contributed by atoms with van der Waals surface area (Å²) < 4.78 is 10.5. The van der Waals surface area contributed by atoms with E-state index in [1.165, 1.54) is 0 Å². The molecule has 7 nitrogen and oxygen atoms in total. The van der Waals surface area contributed by atoms with Crippen molar-refractivity contribution in [2.24, 2.45) is 5.41 Å². The number of amides is 2. The second-order valence-electron chi connectivity index (χ2n) is 9.37. The van der Waals surface area contributed by atoms with E-state index in [1.807, 2.05) is 64.1 Å². The third-order valence-corrected chi connectivity index (χ3v) is 6.39. The first-order valence-corrected chi connectivity index (χ1v) is 11.7. The lowest BCUT2D eigenvalue weighted by molar-refractivity contribution is -0.158. The van der Waals surface area contributed by atoms with Crippen molar-refractivity contribution < 1.29 is 23.9 Å². The number of carbonyl (C=O) groups is 3. The molecule has 3 rings (SSSR count). The van der Waals surface area contributed by atoms with Gasteiger partial charge in [-0.2, -0.15) is 0 Å². The molecule has 2 heterocycles. The normalized spacial score (nSPS) is 19.2. The van der Waals surface area contributed by atoms with Gasteiger partial charge in [0.25, 0.3) is 5.24 Å². The zero-order valence-corrected chi connectivity index (χ0v) is 20.5. The van der Waals surface area contributed by atoms with Crippen LogP contribution in [0.2, 0.25) is 0 Å². The van der Waals surface area contributed by atoms with Gasteiger partial charge in [0, 0.05) is 23.9 Å². The number of imide groups is 1. The van der Waals surface area contributed by atoms with Gasteiger partial charge in [-0.1, -0.05) is 18.2 Å². The topological polar surface area (TPSA) is 94.6 Å². The number of carbonyl (C=O) groups excluding carboxylic acids is 3. The average molecular weight is 471 g/mol. The molecule has 8 heteroatoms. The van der Waals surface area contributed by atoms with Crippen LogP contribution < -0.4 is 10.1 Å². The zero-order chi connectivity index (χ0) is 24.2. The summed E-state index contributed by atoms with van der Waals surface area (Å²) in [5.41, 5.74) is 2.14. The van der Waals surface area contributed by atoms with E-state index in [2.05, 4.69) is 10.3 Å². The first-order valence-electron chi connectivity index (χ1n) is 10.9. The van der Waals surface area contributed by atoms with E-state index in [-0.39, 0.29) is 23.2 Å². The Morgan fingerprint density at radius 1 is 1.15 bits per heavy atom. The number of esters is 1. The first-order chi connectivity index (χ1) is 15.5. The Morgan fingerprint density at radius 2 is 1.85 bits per heavy atom.